The first kappa shape index (κ1) is 10.8. The zero-order chi connectivity index (χ0) is 10.7. The standard InChI is InChI=1S/C8H8BrNO4/c1-13-7(11)5-3-4(9)6(10-5)8(12)14-2/h3,10H,1-2H3. The maximum Gasteiger partial charge on any atom is 0.355 e. The monoisotopic (exact) mass is 261 g/mol. The van der Waals surface area contributed by atoms with Crippen LogP contribution in [0.2, 0.25) is 0 Å². The number of esters is 2. The molecule has 14 heavy (non-hydrogen) atoms. The van der Waals surface area contributed by atoms with E-state index in [1.807, 2.05) is 0 Å². The molecule has 1 N–H and O–H groups in total. The maximum atomic E-state index is 11.1. The van der Waals surface area contributed by atoms with Gasteiger partial charge in [0.15, 0.2) is 0 Å². The predicted molar refractivity (Wildman–Crippen MR) is 51.2 cm³/mol. The molecule has 1 heterocycles. The minimum absolute atomic E-state index is 0.188. The number of carbonyl (C=O) groups is 2. The Bertz CT molecular complexity index is 371. The van der Waals surface area contributed by atoms with Gasteiger partial charge in [-0.25, -0.2) is 9.59 Å². The Morgan fingerprint density at radius 3 is 2.36 bits per heavy atom. The third-order valence-electron chi connectivity index (χ3n) is 1.56. The third kappa shape index (κ3) is 1.95. The average Bonchev–Trinajstić information content (AvgIpc) is 2.58. The number of hydrogen-bond donors (Lipinski definition) is 1. The van der Waals surface area contributed by atoms with Crippen molar-refractivity contribution in [1.29, 1.82) is 0 Å². The van der Waals surface area contributed by atoms with Gasteiger partial charge in [-0.3, -0.25) is 0 Å². The van der Waals surface area contributed by atoms with Gasteiger partial charge in [-0.15, -0.1) is 0 Å². The molecule has 0 saturated carbocycles. The van der Waals surface area contributed by atoms with Crippen LogP contribution in [0.4, 0.5) is 0 Å². The predicted octanol–water partition coefficient (Wildman–Crippen LogP) is 1.35. The zero-order valence-corrected chi connectivity index (χ0v) is 9.17. The Morgan fingerprint density at radius 1 is 1.29 bits per heavy atom. The smallest absolute Gasteiger partial charge is 0.355 e. The van der Waals surface area contributed by atoms with E-state index in [1.54, 1.807) is 0 Å². The van der Waals surface area contributed by atoms with E-state index in [0.29, 0.717) is 4.47 Å². The first-order valence-electron chi connectivity index (χ1n) is 3.65. The van der Waals surface area contributed by atoms with Crippen LogP contribution in [0.15, 0.2) is 10.5 Å². The molecule has 5 nitrogen and oxygen atoms in total. The Morgan fingerprint density at radius 2 is 1.86 bits per heavy atom. The second-order valence-electron chi connectivity index (χ2n) is 2.39. The first-order chi connectivity index (χ1) is 6.60. The molecule has 0 aromatic carbocycles. The highest BCUT2D eigenvalue weighted by atomic mass is 79.9. The maximum absolute atomic E-state index is 11.1. The molecule has 0 saturated heterocycles. The van der Waals surface area contributed by atoms with Crippen molar-refractivity contribution in [1.82, 2.24) is 4.98 Å². The molecule has 0 unspecified atom stereocenters. The van der Waals surface area contributed by atoms with Crippen LogP contribution in [0.3, 0.4) is 0 Å². The fourth-order valence-electron chi connectivity index (χ4n) is 0.900. The van der Waals surface area contributed by atoms with Crippen molar-refractivity contribution in [2.45, 2.75) is 0 Å². The Kier molecular flexibility index (Phi) is 3.29. The second-order valence-corrected chi connectivity index (χ2v) is 3.24. The number of halogens is 1. The molecule has 1 rings (SSSR count). The van der Waals surface area contributed by atoms with Crippen LogP contribution in [-0.4, -0.2) is 31.1 Å². The third-order valence-corrected chi connectivity index (χ3v) is 2.19. The van der Waals surface area contributed by atoms with E-state index < -0.39 is 11.9 Å². The van der Waals surface area contributed by atoms with E-state index >= 15 is 0 Å². The lowest BCUT2D eigenvalue weighted by Gasteiger charge is -1.95. The minimum atomic E-state index is -0.549. The summed E-state index contributed by atoms with van der Waals surface area (Å²) in [6.45, 7) is 0. The van der Waals surface area contributed by atoms with Crippen LogP contribution in [0, 0.1) is 0 Å². The van der Waals surface area contributed by atoms with Crippen LogP contribution >= 0.6 is 15.9 Å². The number of hydrogen-bond acceptors (Lipinski definition) is 4. The van der Waals surface area contributed by atoms with E-state index in [9.17, 15) is 9.59 Å². The lowest BCUT2D eigenvalue weighted by molar-refractivity contribution is 0.0590. The van der Waals surface area contributed by atoms with Crippen molar-refractivity contribution < 1.29 is 19.1 Å². The van der Waals surface area contributed by atoms with Crippen LogP contribution < -0.4 is 0 Å². The van der Waals surface area contributed by atoms with Crippen LogP contribution in [0.25, 0.3) is 0 Å². The van der Waals surface area contributed by atoms with Crippen molar-refractivity contribution in [3.8, 4) is 0 Å². The molecule has 0 radical (unpaired) electrons. The average molecular weight is 262 g/mol. The largest absolute Gasteiger partial charge is 0.464 e. The minimum Gasteiger partial charge on any atom is -0.464 e. The SMILES string of the molecule is COC(=O)c1cc(Br)c(C(=O)OC)[nH]1. The van der Waals surface area contributed by atoms with Crippen molar-refractivity contribution in [2.24, 2.45) is 0 Å². The highest BCUT2D eigenvalue weighted by Crippen LogP contribution is 2.19. The number of aromatic amines is 1. The first-order valence-corrected chi connectivity index (χ1v) is 4.44. The molecule has 0 aliphatic carbocycles. The molecular formula is C8H8BrNO4. The summed E-state index contributed by atoms with van der Waals surface area (Å²) < 4.78 is 9.43. The molecule has 6 heteroatoms. The second kappa shape index (κ2) is 4.28. The molecule has 1 aromatic heterocycles. The number of rotatable bonds is 2. The number of carbonyl (C=O) groups excluding carboxylic acids is 2. The fourth-order valence-corrected chi connectivity index (χ4v) is 1.39. The summed E-state index contributed by atoms with van der Waals surface area (Å²) >= 11 is 3.12. The summed E-state index contributed by atoms with van der Waals surface area (Å²) in [5.74, 6) is -1.09. The van der Waals surface area contributed by atoms with Crippen molar-refractivity contribution >= 4 is 27.9 Å². The van der Waals surface area contributed by atoms with Gasteiger partial charge in [0.1, 0.15) is 11.4 Å². The van der Waals surface area contributed by atoms with Crippen LogP contribution in [-0.2, 0) is 9.47 Å². The number of methoxy groups -OCH3 is 2. The molecule has 0 amide bonds. The molecule has 0 aliphatic rings. The number of H-pyrrole nitrogens is 1. The summed E-state index contributed by atoms with van der Waals surface area (Å²) in [7, 11) is 2.52. The molecular weight excluding hydrogens is 254 g/mol. The molecule has 0 bridgehead atoms. The van der Waals surface area contributed by atoms with Gasteiger partial charge in [0.25, 0.3) is 0 Å². The number of nitrogens with one attached hydrogen (secondary N) is 1. The quantitative estimate of drug-likeness (QED) is 0.817. The lowest BCUT2D eigenvalue weighted by Crippen LogP contribution is -2.05. The van der Waals surface area contributed by atoms with Crippen LogP contribution in [0.5, 0.6) is 0 Å². The molecule has 76 valence electrons. The molecule has 0 aliphatic heterocycles. The highest BCUT2D eigenvalue weighted by molar-refractivity contribution is 9.10. The normalized spacial score (nSPS) is 9.64. The van der Waals surface area contributed by atoms with Gasteiger partial charge in [-0.2, -0.15) is 0 Å². The van der Waals surface area contributed by atoms with Crippen LogP contribution in [0.1, 0.15) is 21.0 Å². The van der Waals surface area contributed by atoms with E-state index in [1.165, 1.54) is 20.3 Å². The summed E-state index contributed by atoms with van der Waals surface area (Å²) in [6, 6.07) is 1.46. The van der Waals surface area contributed by atoms with E-state index in [2.05, 4.69) is 30.4 Å². The Labute approximate surface area is 88.5 Å². The topological polar surface area (TPSA) is 68.4 Å². The van der Waals surface area contributed by atoms with Gasteiger partial charge in [-0.1, -0.05) is 0 Å². The molecule has 0 atom stereocenters. The number of aromatic nitrogens is 1. The van der Waals surface area contributed by atoms with Crippen molar-refractivity contribution in [2.75, 3.05) is 14.2 Å². The molecule has 0 fully saturated rings. The summed E-state index contributed by atoms with van der Waals surface area (Å²) in [4.78, 5) is 24.8. The van der Waals surface area contributed by atoms with E-state index in [4.69, 9.17) is 0 Å². The van der Waals surface area contributed by atoms with Gasteiger partial charge >= 0.3 is 11.9 Å². The summed E-state index contributed by atoms with van der Waals surface area (Å²) in [5.41, 5.74) is 0.382. The molecule has 1 aromatic rings. The Hall–Kier alpha value is -1.30. The number of ether oxygens (including phenoxy) is 2. The summed E-state index contributed by atoms with van der Waals surface area (Å²) in [6.07, 6.45) is 0. The van der Waals surface area contributed by atoms with Gasteiger partial charge in [-0.05, 0) is 22.0 Å². The fraction of sp³-hybridized carbons (Fsp3) is 0.250. The van der Waals surface area contributed by atoms with Gasteiger partial charge < -0.3 is 14.5 Å². The molecule has 0 spiro atoms. The van der Waals surface area contributed by atoms with Crippen molar-refractivity contribution in [3.05, 3.63) is 21.9 Å². The summed E-state index contributed by atoms with van der Waals surface area (Å²) in [5, 5.41) is 0. The van der Waals surface area contributed by atoms with E-state index in [0.717, 1.165) is 0 Å². The lowest BCUT2D eigenvalue weighted by atomic mass is 10.4. The van der Waals surface area contributed by atoms with Gasteiger partial charge in [0, 0.05) is 0 Å². The van der Waals surface area contributed by atoms with Crippen molar-refractivity contribution in [3.63, 3.8) is 0 Å². The van der Waals surface area contributed by atoms with Gasteiger partial charge in [0.05, 0.1) is 18.7 Å². The zero-order valence-electron chi connectivity index (χ0n) is 7.59. The highest BCUT2D eigenvalue weighted by Gasteiger charge is 2.17. The van der Waals surface area contributed by atoms with Gasteiger partial charge in [0.2, 0.25) is 0 Å². The Balaban J connectivity index is 3.05. The van der Waals surface area contributed by atoms with E-state index in [-0.39, 0.29) is 11.4 Å².